The number of fused-ring (bicyclic) bond motifs is 3. The Morgan fingerprint density at radius 3 is 2.64 bits per heavy atom. The third-order valence-electron chi connectivity index (χ3n) is 6.76. The van der Waals surface area contributed by atoms with Crippen molar-refractivity contribution in [1.82, 2.24) is 24.8 Å². The number of aliphatic hydroxyl groups excluding tert-OH is 1. The summed E-state index contributed by atoms with van der Waals surface area (Å²) < 4.78 is 1.86. The molecule has 1 aromatic rings. The number of carbonyl (C=O) groups is 2. The Balaban J connectivity index is 1.33. The Bertz CT molecular complexity index is 714. The van der Waals surface area contributed by atoms with Crippen LogP contribution in [0.4, 0.5) is 0 Å². The standard InChI is InChI=1S/C19H30N6O3/c20-18(27)13-1-5-23(6-2-13)19(28)17-12-24-7-3-14(17)9-16(24)11-25-10-15(4-8-26)21-22-25/h10,13-14,16-17,26H,1-9,11-12H2,(H2,20,27). The van der Waals surface area contributed by atoms with Gasteiger partial charge < -0.3 is 15.7 Å². The van der Waals surface area contributed by atoms with E-state index >= 15 is 0 Å². The average Bonchev–Trinajstić information content (AvgIpc) is 3.15. The number of hydrogen-bond acceptors (Lipinski definition) is 6. The fourth-order valence-corrected chi connectivity index (χ4v) is 5.10. The van der Waals surface area contributed by atoms with Crippen molar-refractivity contribution in [2.75, 3.05) is 32.8 Å². The lowest BCUT2D eigenvalue weighted by atomic mass is 9.74. The van der Waals surface area contributed by atoms with Crippen molar-refractivity contribution < 1.29 is 14.7 Å². The summed E-state index contributed by atoms with van der Waals surface area (Å²) in [7, 11) is 0. The highest BCUT2D eigenvalue weighted by atomic mass is 16.3. The molecule has 154 valence electrons. The van der Waals surface area contributed by atoms with Gasteiger partial charge in [-0.2, -0.15) is 0 Å². The van der Waals surface area contributed by atoms with Crippen molar-refractivity contribution in [1.29, 1.82) is 0 Å². The second-order valence-corrected chi connectivity index (χ2v) is 8.45. The predicted octanol–water partition coefficient (Wildman–Crippen LogP) is -0.753. The van der Waals surface area contributed by atoms with Crippen LogP contribution >= 0.6 is 0 Å². The zero-order valence-electron chi connectivity index (χ0n) is 16.2. The van der Waals surface area contributed by atoms with Crippen LogP contribution in [0, 0.1) is 17.8 Å². The number of amides is 2. The molecule has 0 spiro atoms. The van der Waals surface area contributed by atoms with Crippen molar-refractivity contribution in [3.05, 3.63) is 11.9 Å². The SMILES string of the molecule is NC(=O)C1CCN(C(=O)C2CN3CCC2CC3Cn2cc(CCO)nn2)CC1. The van der Waals surface area contributed by atoms with E-state index in [0.717, 1.165) is 38.2 Å². The molecule has 9 nitrogen and oxygen atoms in total. The van der Waals surface area contributed by atoms with Gasteiger partial charge in [-0.3, -0.25) is 19.2 Å². The molecule has 4 saturated heterocycles. The Morgan fingerprint density at radius 1 is 1.21 bits per heavy atom. The van der Waals surface area contributed by atoms with E-state index < -0.39 is 0 Å². The van der Waals surface area contributed by atoms with Crippen LogP contribution in [0.15, 0.2) is 6.20 Å². The summed E-state index contributed by atoms with van der Waals surface area (Å²) in [6.07, 6.45) is 5.88. The Kier molecular flexibility index (Phi) is 5.63. The largest absolute Gasteiger partial charge is 0.396 e. The molecule has 4 fully saturated rings. The van der Waals surface area contributed by atoms with E-state index in [-0.39, 0.29) is 30.3 Å². The van der Waals surface area contributed by atoms with Crippen LogP contribution < -0.4 is 5.73 Å². The fourth-order valence-electron chi connectivity index (χ4n) is 5.10. The molecular formula is C19H30N6O3. The molecule has 5 rings (SSSR count). The minimum absolute atomic E-state index is 0.0656. The molecular weight excluding hydrogens is 360 g/mol. The van der Waals surface area contributed by atoms with Gasteiger partial charge in [0.25, 0.3) is 0 Å². The number of aliphatic hydroxyl groups is 1. The maximum Gasteiger partial charge on any atom is 0.227 e. The third-order valence-corrected chi connectivity index (χ3v) is 6.76. The van der Waals surface area contributed by atoms with E-state index in [1.807, 2.05) is 15.8 Å². The van der Waals surface area contributed by atoms with Gasteiger partial charge in [-0.05, 0) is 38.1 Å². The van der Waals surface area contributed by atoms with Gasteiger partial charge in [0.15, 0.2) is 0 Å². The Morgan fingerprint density at radius 2 is 2.00 bits per heavy atom. The highest BCUT2D eigenvalue weighted by Gasteiger charge is 2.45. The first kappa shape index (κ1) is 19.3. The van der Waals surface area contributed by atoms with Crippen LogP contribution in [0.2, 0.25) is 0 Å². The molecule has 9 heteroatoms. The van der Waals surface area contributed by atoms with Gasteiger partial charge in [0.05, 0.1) is 18.2 Å². The van der Waals surface area contributed by atoms with Crippen LogP contribution in [0.3, 0.4) is 0 Å². The number of piperidine rings is 4. The molecule has 3 N–H and O–H groups in total. The number of nitrogens with zero attached hydrogens (tertiary/aromatic N) is 5. The predicted molar refractivity (Wildman–Crippen MR) is 101 cm³/mol. The number of nitrogens with two attached hydrogens (primary N) is 1. The lowest BCUT2D eigenvalue weighted by Gasteiger charge is -2.50. The van der Waals surface area contributed by atoms with E-state index in [1.54, 1.807) is 0 Å². The van der Waals surface area contributed by atoms with Crippen LogP contribution in [0.5, 0.6) is 0 Å². The van der Waals surface area contributed by atoms with Crippen molar-refractivity contribution >= 4 is 11.8 Å². The minimum Gasteiger partial charge on any atom is -0.396 e. The molecule has 0 saturated carbocycles. The topological polar surface area (TPSA) is 118 Å². The average molecular weight is 390 g/mol. The summed E-state index contributed by atoms with van der Waals surface area (Å²) in [5.41, 5.74) is 6.22. The number of likely N-dealkylation sites (tertiary alicyclic amines) is 1. The van der Waals surface area contributed by atoms with Gasteiger partial charge in [0.2, 0.25) is 11.8 Å². The van der Waals surface area contributed by atoms with Crippen molar-refractivity contribution in [2.45, 2.75) is 44.7 Å². The molecule has 0 aromatic carbocycles. The highest BCUT2D eigenvalue weighted by Crippen LogP contribution is 2.38. The Hall–Kier alpha value is -2.00. The zero-order chi connectivity index (χ0) is 19.7. The smallest absolute Gasteiger partial charge is 0.227 e. The van der Waals surface area contributed by atoms with Gasteiger partial charge in [0.1, 0.15) is 0 Å². The van der Waals surface area contributed by atoms with Crippen LogP contribution in [-0.4, -0.2) is 80.5 Å². The fraction of sp³-hybridized carbons (Fsp3) is 0.789. The maximum atomic E-state index is 13.1. The molecule has 1 aromatic heterocycles. The first-order chi connectivity index (χ1) is 13.5. The summed E-state index contributed by atoms with van der Waals surface area (Å²) in [4.78, 5) is 28.8. The van der Waals surface area contributed by atoms with Gasteiger partial charge in [-0.1, -0.05) is 5.21 Å². The molecule has 5 heterocycles. The molecule has 0 radical (unpaired) electrons. The molecule has 4 aliphatic heterocycles. The van der Waals surface area contributed by atoms with Crippen LogP contribution in [0.1, 0.15) is 31.4 Å². The summed E-state index contributed by atoms with van der Waals surface area (Å²) in [6.45, 7) is 3.98. The maximum absolute atomic E-state index is 13.1. The molecule has 4 atom stereocenters. The lowest BCUT2D eigenvalue weighted by molar-refractivity contribution is -0.146. The van der Waals surface area contributed by atoms with E-state index in [2.05, 4.69) is 15.2 Å². The summed E-state index contributed by atoms with van der Waals surface area (Å²) in [6, 6.07) is 0.382. The van der Waals surface area contributed by atoms with Gasteiger partial charge in [-0.25, -0.2) is 0 Å². The second-order valence-electron chi connectivity index (χ2n) is 8.45. The summed E-state index contributed by atoms with van der Waals surface area (Å²) in [5.74, 6) is 0.404. The monoisotopic (exact) mass is 390 g/mol. The number of aromatic nitrogens is 3. The molecule has 2 bridgehead atoms. The first-order valence-corrected chi connectivity index (χ1v) is 10.4. The second kappa shape index (κ2) is 8.16. The highest BCUT2D eigenvalue weighted by molar-refractivity contribution is 5.81. The molecule has 4 unspecified atom stereocenters. The van der Waals surface area contributed by atoms with E-state index in [9.17, 15) is 9.59 Å². The number of carbonyl (C=O) groups excluding carboxylic acids is 2. The van der Waals surface area contributed by atoms with E-state index in [4.69, 9.17) is 10.8 Å². The van der Waals surface area contributed by atoms with E-state index in [1.165, 1.54) is 0 Å². The number of primary amides is 1. The van der Waals surface area contributed by atoms with Gasteiger partial charge in [0, 0.05) is 50.8 Å². The quantitative estimate of drug-likeness (QED) is 0.660. The van der Waals surface area contributed by atoms with Crippen LogP contribution in [-0.2, 0) is 22.6 Å². The van der Waals surface area contributed by atoms with Crippen molar-refractivity contribution in [2.24, 2.45) is 23.5 Å². The molecule has 0 aliphatic carbocycles. The molecule has 2 amide bonds. The minimum atomic E-state index is -0.243. The summed E-state index contributed by atoms with van der Waals surface area (Å²) >= 11 is 0. The number of hydrogen-bond donors (Lipinski definition) is 2. The summed E-state index contributed by atoms with van der Waals surface area (Å²) in [5, 5.41) is 17.3. The van der Waals surface area contributed by atoms with Gasteiger partial charge in [-0.15, -0.1) is 5.10 Å². The Labute approximate surface area is 164 Å². The number of rotatable bonds is 6. The molecule has 28 heavy (non-hydrogen) atoms. The van der Waals surface area contributed by atoms with Crippen LogP contribution in [0.25, 0.3) is 0 Å². The zero-order valence-corrected chi connectivity index (χ0v) is 16.2. The van der Waals surface area contributed by atoms with Crippen molar-refractivity contribution in [3.8, 4) is 0 Å². The van der Waals surface area contributed by atoms with E-state index in [0.29, 0.717) is 44.3 Å². The molecule has 4 aliphatic rings. The normalized spacial score (nSPS) is 30.5. The first-order valence-electron chi connectivity index (χ1n) is 10.4. The third kappa shape index (κ3) is 3.91. The van der Waals surface area contributed by atoms with Gasteiger partial charge >= 0.3 is 0 Å². The van der Waals surface area contributed by atoms with Crippen molar-refractivity contribution in [3.63, 3.8) is 0 Å². The lowest BCUT2D eigenvalue weighted by Crippen LogP contribution is -2.59.